The zero-order valence-corrected chi connectivity index (χ0v) is 15.8. The minimum absolute atomic E-state index is 0.227. The monoisotopic (exact) mass is 398 g/mol. The summed E-state index contributed by atoms with van der Waals surface area (Å²) in [7, 11) is 0. The minimum atomic E-state index is -0.963. The summed E-state index contributed by atoms with van der Waals surface area (Å²) < 4.78 is 5.79. The molecule has 0 radical (unpaired) electrons. The molecule has 148 valence electrons. The van der Waals surface area contributed by atoms with E-state index in [1.807, 2.05) is 54.6 Å². The molecule has 1 aromatic heterocycles. The number of nitrogens with one attached hydrogen (secondary N) is 2. The van der Waals surface area contributed by atoms with Crippen molar-refractivity contribution in [2.24, 2.45) is 0 Å². The van der Waals surface area contributed by atoms with E-state index in [1.54, 1.807) is 18.2 Å². The topological polar surface area (TPSA) is 96.4 Å². The van der Waals surface area contributed by atoms with Gasteiger partial charge in [-0.25, -0.2) is 14.8 Å². The molecular formula is C23H18N4O3. The smallest absolute Gasteiger partial charge is 0.335 e. The van der Waals surface area contributed by atoms with Crippen molar-refractivity contribution in [3.63, 3.8) is 0 Å². The number of rotatable bonds is 7. The molecule has 4 rings (SSSR count). The lowest BCUT2D eigenvalue weighted by Gasteiger charge is -2.10. The fourth-order valence-corrected chi connectivity index (χ4v) is 2.72. The predicted molar refractivity (Wildman–Crippen MR) is 115 cm³/mol. The van der Waals surface area contributed by atoms with Gasteiger partial charge in [-0.2, -0.15) is 0 Å². The van der Waals surface area contributed by atoms with Crippen LogP contribution < -0.4 is 15.4 Å². The highest BCUT2D eigenvalue weighted by Crippen LogP contribution is 2.24. The quantitative estimate of drug-likeness (QED) is 0.381. The van der Waals surface area contributed by atoms with E-state index in [1.165, 1.54) is 18.5 Å². The number of nitrogens with zero attached hydrogens (tertiary/aromatic N) is 2. The van der Waals surface area contributed by atoms with Crippen molar-refractivity contribution in [3.05, 3.63) is 96.8 Å². The van der Waals surface area contributed by atoms with Crippen molar-refractivity contribution in [2.75, 3.05) is 10.6 Å². The number of anilines is 4. The average Bonchev–Trinajstić information content (AvgIpc) is 2.77. The van der Waals surface area contributed by atoms with Crippen LogP contribution in [-0.4, -0.2) is 21.0 Å². The van der Waals surface area contributed by atoms with E-state index in [9.17, 15) is 4.79 Å². The Balaban J connectivity index is 1.40. The number of benzene rings is 3. The Hall–Kier alpha value is -4.39. The Bertz CT molecular complexity index is 1130. The average molecular weight is 398 g/mol. The summed E-state index contributed by atoms with van der Waals surface area (Å²) in [5.74, 6) is 1.75. The third-order valence-corrected chi connectivity index (χ3v) is 4.18. The van der Waals surface area contributed by atoms with Crippen molar-refractivity contribution in [2.45, 2.75) is 0 Å². The number of carboxylic acids is 1. The molecule has 7 heteroatoms. The first-order valence-corrected chi connectivity index (χ1v) is 9.18. The summed E-state index contributed by atoms with van der Waals surface area (Å²) in [4.78, 5) is 19.4. The zero-order valence-electron chi connectivity index (χ0n) is 15.8. The molecule has 0 fully saturated rings. The van der Waals surface area contributed by atoms with Crippen LogP contribution in [0.2, 0.25) is 0 Å². The summed E-state index contributed by atoms with van der Waals surface area (Å²) in [6, 6.07) is 25.3. The fraction of sp³-hybridized carbons (Fsp3) is 0. The van der Waals surface area contributed by atoms with Gasteiger partial charge in [-0.15, -0.1) is 0 Å². The van der Waals surface area contributed by atoms with E-state index < -0.39 is 5.97 Å². The molecule has 0 aliphatic rings. The number of aromatic carboxylic acids is 1. The van der Waals surface area contributed by atoms with Gasteiger partial charge in [0.05, 0.1) is 5.56 Å². The lowest BCUT2D eigenvalue weighted by molar-refractivity contribution is 0.0697. The highest BCUT2D eigenvalue weighted by molar-refractivity contribution is 5.88. The molecule has 0 aliphatic carbocycles. The second-order valence-electron chi connectivity index (χ2n) is 6.36. The lowest BCUT2D eigenvalue weighted by Crippen LogP contribution is -1.99. The van der Waals surface area contributed by atoms with Gasteiger partial charge in [-0.1, -0.05) is 18.2 Å². The van der Waals surface area contributed by atoms with E-state index in [-0.39, 0.29) is 5.56 Å². The summed E-state index contributed by atoms with van der Waals surface area (Å²) >= 11 is 0. The minimum Gasteiger partial charge on any atom is -0.478 e. The lowest BCUT2D eigenvalue weighted by atomic mass is 10.2. The van der Waals surface area contributed by atoms with Crippen LogP contribution in [0, 0.1) is 0 Å². The summed E-state index contributed by atoms with van der Waals surface area (Å²) in [5.41, 5.74) is 1.81. The van der Waals surface area contributed by atoms with Crippen molar-refractivity contribution >= 4 is 29.0 Å². The number of carbonyl (C=O) groups is 1. The second-order valence-corrected chi connectivity index (χ2v) is 6.36. The molecule has 3 N–H and O–H groups in total. The molecule has 0 amide bonds. The van der Waals surface area contributed by atoms with Gasteiger partial charge >= 0.3 is 5.97 Å². The van der Waals surface area contributed by atoms with Crippen molar-refractivity contribution in [1.82, 2.24) is 9.97 Å². The van der Waals surface area contributed by atoms with Crippen LogP contribution in [-0.2, 0) is 0 Å². The molecule has 0 unspecified atom stereocenters. The van der Waals surface area contributed by atoms with Gasteiger partial charge in [-0.05, 0) is 60.7 Å². The molecule has 0 saturated heterocycles. The molecule has 1 heterocycles. The Labute approximate surface area is 173 Å². The van der Waals surface area contributed by atoms with E-state index in [4.69, 9.17) is 9.84 Å². The maximum Gasteiger partial charge on any atom is 0.335 e. The van der Waals surface area contributed by atoms with E-state index in [2.05, 4.69) is 20.6 Å². The number of hydrogen-bond donors (Lipinski definition) is 3. The largest absolute Gasteiger partial charge is 0.478 e. The zero-order chi connectivity index (χ0) is 20.8. The number of ether oxygens (including phenoxy) is 1. The third kappa shape index (κ3) is 4.90. The second kappa shape index (κ2) is 8.74. The van der Waals surface area contributed by atoms with Crippen LogP contribution >= 0.6 is 0 Å². The number of aromatic nitrogens is 2. The number of para-hydroxylation sites is 1. The molecule has 30 heavy (non-hydrogen) atoms. The van der Waals surface area contributed by atoms with E-state index in [0.29, 0.717) is 11.6 Å². The maximum atomic E-state index is 10.9. The fourth-order valence-electron chi connectivity index (χ4n) is 2.72. The molecule has 0 saturated carbocycles. The molecule has 7 nitrogen and oxygen atoms in total. The Morgan fingerprint density at radius 1 is 0.733 bits per heavy atom. The van der Waals surface area contributed by atoms with Crippen LogP contribution in [0.15, 0.2) is 91.3 Å². The highest BCUT2D eigenvalue weighted by atomic mass is 16.5. The standard InChI is InChI=1S/C23H18N4O3/c28-23(29)16-6-8-17(9-7-16)26-21-14-22(25-15-24-21)27-18-10-12-20(13-11-18)30-19-4-2-1-3-5-19/h1-15H,(H,28,29)(H2,24,25,26,27). The van der Waals surface area contributed by atoms with Gasteiger partial charge in [0, 0.05) is 17.4 Å². The van der Waals surface area contributed by atoms with Crippen molar-refractivity contribution in [3.8, 4) is 11.5 Å². The van der Waals surface area contributed by atoms with Crippen molar-refractivity contribution < 1.29 is 14.6 Å². The molecule has 0 aliphatic heterocycles. The van der Waals surface area contributed by atoms with Crippen LogP contribution in [0.25, 0.3) is 0 Å². The normalized spacial score (nSPS) is 10.3. The Kier molecular flexibility index (Phi) is 5.52. The number of hydrogen-bond acceptors (Lipinski definition) is 6. The first kappa shape index (κ1) is 18.9. The van der Waals surface area contributed by atoms with Gasteiger partial charge in [0.1, 0.15) is 29.5 Å². The van der Waals surface area contributed by atoms with Crippen LogP contribution in [0.4, 0.5) is 23.0 Å². The van der Waals surface area contributed by atoms with Gasteiger partial charge in [0.15, 0.2) is 0 Å². The molecule has 0 atom stereocenters. The first-order valence-electron chi connectivity index (χ1n) is 9.18. The Morgan fingerprint density at radius 2 is 1.27 bits per heavy atom. The summed E-state index contributed by atoms with van der Waals surface area (Å²) in [6.07, 6.45) is 1.45. The number of carboxylic acid groups (broad SMARTS) is 1. The first-order chi connectivity index (χ1) is 14.7. The van der Waals surface area contributed by atoms with E-state index in [0.717, 1.165) is 22.9 Å². The predicted octanol–water partition coefficient (Wildman–Crippen LogP) is 5.45. The van der Waals surface area contributed by atoms with Gasteiger partial charge in [0.25, 0.3) is 0 Å². The summed E-state index contributed by atoms with van der Waals surface area (Å²) in [6.45, 7) is 0. The van der Waals surface area contributed by atoms with Gasteiger partial charge in [-0.3, -0.25) is 0 Å². The third-order valence-electron chi connectivity index (χ3n) is 4.18. The van der Waals surface area contributed by atoms with Crippen LogP contribution in [0.1, 0.15) is 10.4 Å². The SMILES string of the molecule is O=C(O)c1ccc(Nc2cc(Nc3ccc(Oc4ccccc4)cc3)ncn2)cc1. The van der Waals surface area contributed by atoms with E-state index >= 15 is 0 Å². The molecule has 3 aromatic carbocycles. The molecule has 0 bridgehead atoms. The van der Waals surface area contributed by atoms with Crippen molar-refractivity contribution in [1.29, 1.82) is 0 Å². The Morgan fingerprint density at radius 3 is 1.83 bits per heavy atom. The van der Waals surface area contributed by atoms with Gasteiger partial charge in [0.2, 0.25) is 0 Å². The molecule has 4 aromatic rings. The maximum absolute atomic E-state index is 10.9. The molecule has 0 spiro atoms. The van der Waals surface area contributed by atoms with Gasteiger partial charge < -0.3 is 20.5 Å². The molecular weight excluding hydrogens is 380 g/mol. The highest BCUT2D eigenvalue weighted by Gasteiger charge is 2.04. The van der Waals surface area contributed by atoms with Crippen LogP contribution in [0.3, 0.4) is 0 Å². The van der Waals surface area contributed by atoms with Crippen LogP contribution in [0.5, 0.6) is 11.5 Å². The summed E-state index contributed by atoms with van der Waals surface area (Å²) in [5, 5.41) is 15.3.